The van der Waals surface area contributed by atoms with E-state index in [2.05, 4.69) is 15.0 Å². The molecule has 2 aromatic heterocycles. The minimum Gasteiger partial charge on any atom is -0.383 e. The number of anilines is 2. The van der Waals surface area contributed by atoms with E-state index < -0.39 is 0 Å². The molecule has 0 spiro atoms. The lowest BCUT2D eigenvalue weighted by atomic mass is 10.2. The summed E-state index contributed by atoms with van der Waals surface area (Å²) in [5.41, 5.74) is 6.79. The highest BCUT2D eigenvalue weighted by Crippen LogP contribution is 2.33. The van der Waals surface area contributed by atoms with Gasteiger partial charge in [0.05, 0.1) is 5.56 Å². The molecule has 15 heavy (non-hydrogen) atoms. The fourth-order valence-corrected chi connectivity index (χ4v) is 2.47. The van der Waals surface area contributed by atoms with E-state index in [0.717, 1.165) is 16.5 Å². The number of amidine groups is 1. The first-order valence-electron chi connectivity index (χ1n) is 4.51. The largest absolute Gasteiger partial charge is 0.383 e. The number of nitrogens with one attached hydrogen (secondary N) is 1. The van der Waals surface area contributed by atoms with Gasteiger partial charge in [0, 0.05) is 12.4 Å². The number of imidazole rings is 1. The standard InChI is InChI=1S/C9H9N5S/c10-7-6-1-4-15-8(6)14(5-13-7)9-11-2-3-12-9/h1-4H,5H2,(H2,10,13)(H,11,12). The second-order valence-electron chi connectivity index (χ2n) is 3.17. The molecule has 3 rings (SSSR count). The third-order valence-electron chi connectivity index (χ3n) is 2.29. The Hall–Kier alpha value is -1.82. The van der Waals surface area contributed by atoms with Gasteiger partial charge in [-0.3, -0.25) is 4.90 Å². The number of aromatic amines is 1. The van der Waals surface area contributed by atoms with Crippen LogP contribution in [0.15, 0.2) is 28.8 Å². The summed E-state index contributed by atoms with van der Waals surface area (Å²) < 4.78 is 0. The van der Waals surface area contributed by atoms with Crippen molar-refractivity contribution in [3.8, 4) is 0 Å². The van der Waals surface area contributed by atoms with Crippen molar-refractivity contribution in [2.45, 2.75) is 0 Å². The van der Waals surface area contributed by atoms with E-state index in [-0.39, 0.29) is 0 Å². The van der Waals surface area contributed by atoms with Gasteiger partial charge in [0.25, 0.3) is 0 Å². The minimum atomic E-state index is 0.521. The molecule has 0 aromatic carbocycles. The highest BCUT2D eigenvalue weighted by atomic mass is 32.1. The molecule has 0 fully saturated rings. The number of aliphatic imine (C=N–C) groups is 1. The summed E-state index contributed by atoms with van der Waals surface area (Å²) in [7, 11) is 0. The molecule has 5 nitrogen and oxygen atoms in total. The molecule has 0 saturated heterocycles. The summed E-state index contributed by atoms with van der Waals surface area (Å²) in [6.45, 7) is 0.521. The van der Waals surface area contributed by atoms with Gasteiger partial charge in [0.15, 0.2) is 0 Å². The first-order valence-corrected chi connectivity index (χ1v) is 5.39. The van der Waals surface area contributed by atoms with Crippen LogP contribution in [0.2, 0.25) is 0 Å². The van der Waals surface area contributed by atoms with Gasteiger partial charge < -0.3 is 10.7 Å². The van der Waals surface area contributed by atoms with Crippen LogP contribution in [0.3, 0.4) is 0 Å². The number of hydrogen-bond acceptors (Lipinski definition) is 5. The van der Waals surface area contributed by atoms with Crippen LogP contribution >= 0.6 is 11.3 Å². The number of aromatic nitrogens is 2. The van der Waals surface area contributed by atoms with Crippen molar-refractivity contribution >= 4 is 28.1 Å². The zero-order valence-electron chi connectivity index (χ0n) is 7.84. The van der Waals surface area contributed by atoms with Crippen molar-refractivity contribution in [3.05, 3.63) is 29.4 Å². The molecule has 1 aliphatic rings. The summed E-state index contributed by atoms with van der Waals surface area (Å²) in [6.07, 6.45) is 3.52. The average molecular weight is 219 g/mol. The number of nitrogens with two attached hydrogens (primary N) is 1. The fourth-order valence-electron chi connectivity index (χ4n) is 1.57. The normalized spacial score (nSPS) is 14.9. The molecule has 6 heteroatoms. The molecule has 2 aromatic rings. The van der Waals surface area contributed by atoms with Gasteiger partial charge in [-0.05, 0) is 11.4 Å². The highest BCUT2D eigenvalue weighted by molar-refractivity contribution is 7.14. The Kier molecular flexibility index (Phi) is 1.75. The number of H-pyrrole nitrogens is 1. The van der Waals surface area contributed by atoms with Crippen molar-refractivity contribution in [2.24, 2.45) is 10.7 Å². The smallest absolute Gasteiger partial charge is 0.209 e. The second-order valence-corrected chi connectivity index (χ2v) is 4.06. The van der Waals surface area contributed by atoms with Gasteiger partial charge in [-0.25, -0.2) is 9.98 Å². The monoisotopic (exact) mass is 219 g/mol. The van der Waals surface area contributed by atoms with Crippen molar-refractivity contribution < 1.29 is 0 Å². The van der Waals surface area contributed by atoms with Crippen molar-refractivity contribution in [1.29, 1.82) is 0 Å². The second kappa shape index (κ2) is 3.09. The van der Waals surface area contributed by atoms with Crippen LogP contribution in [0.1, 0.15) is 5.56 Å². The van der Waals surface area contributed by atoms with Crippen LogP contribution in [0.4, 0.5) is 10.9 Å². The van der Waals surface area contributed by atoms with Gasteiger partial charge >= 0.3 is 0 Å². The predicted octanol–water partition coefficient (Wildman–Crippen LogP) is 1.29. The van der Waals surface area contributed by atoms with Crippen LogP contribution in [0.25, 0.3) is 0 Å². The Bertz CT molecular complexity index is 498. The first kappa shape index (κ1) is 8.49. The number of rotatable bonds is 1. The SMILES string of the molecule is NC1=NCN(c2ncc[nH]2)c2sccc21. The van der Waals surface area contributed by atoms with E-state index in [4.69, 9.17) is 5.73 Å². The summed E-state index contributed by atoms with van der Waals surface area (Å²) in [4.78, 5) is 13.5. The lowest BCUT2D eigenvalue weighted by Crippen LogP contribution is -2.28. The number of fused-ring (bicyclic) bond motifs is 1. The molecular weight excluding hydrogens is 210 g/mol. The Labute approximate surface area is 90.3 Å². The number of nitrogens with zero attached hydrogens (tertiary/aromatic N) is 3. The molecule has 0 bridgehead atoms. The third-order valence-corrected chi connectivity index (χ3v) is 3.22. The molecule has 3 N–H and O–H groups in total. The predicted molar refractivity (Wildman–Crippen MR) is 60.6 cm³/mol. The summed E-state index contributed by atoms with van der Waals surface area (Å²) in [5, 5.41) is 3.10. The molecule has 0 unspecified atom stereocenters. The molecule has 1 aliphatic heterocycles. The molecule has 76 valence electrons. The summed E-state index contributed by atoms with van der Waals surface area (Å²) in [6, 6.07) is 1.98. The molecular formula is C9H9N5S. The zero-order chi connectivity index (χ0) is 10.3. The molecule has 0 saturated carbocycles. The fraction of sp³-hybridized carbons (Fsp3) is 0.111. The minimum absolute atomic E-state index is 0.521. The maximum Gasteiger partial charge on any atom is 0.209 e. The Morgan fingerprint density at radius 2 is 2.47 bits per heavy atom. The van der Waals surface area contributed by atoms with Gasteiger partial charge in [0.1, 0.15) is 17.5 Å². The van der Waals surface area contributed by atoms with Crippen molar-refractivity contribution in [3.63, 3.8) is 0 Å². The van der Waals surface area contributed by atoms with Crippen LogP contribution in [0, 0.1) is 0 Å². The van der Waals surface area contributed by atoms with E-state index in [1.165, 1.54) is 0 Å². The van der Waals surface area contributed by atoms with E-state index in [1.807, 2.05) is 16.3 Å². The average Bonchev–Trinajstić information content (AvgIpc) is 2.88. The zero-order valence-corrected chi connectivity index (χ0v) is 8.66. The summed E-state index contributed by atoms with van der Waals surface area (Å²) in [5.74, 6) is 1.41. The van der Waals surface area contributed by atoms with Crippen molar-refractivity contribution in [1.82, 2.24) is 9.97 Å². The molecule has 0 aliphatic carbocycles. The Morgan fingerprint density at radius 1 is 1.53 bits per heavy atom. The lowest BCUT2D eigenvalue weighted by Gasteiger charge is -2.23. The highest BCUT2D eigenvalue weighted by Gasteiger charge is 2.22. The van der Waals surface area contributed by atoms with Crippen LogP contribution < -0.4 is 10.6 Å². The Balaban J connectivity index is 2.10. The van der Waals surface area contributed by atoms with Crippen LogP contribution in [-0.2, 0) is 0 Å². The first-order chi connectivity index (χ1) is 7.36. The van der Waals surface area contributed by atoms with Crippen LogP contribution in [-0.4, -0.2) is 22.5 Å². The van der Waals surface area contributed by atoms with Gasteiger partial charge in [-0.1, -0.05) is 0 Å². The van der Waals surface area contributed by atoms with E-state index >= 15 is 0 Å². The van der Waals surface area contributed by atoms with E-state index in [9.17, 15) is 0 Å². The molecule has 0 amide bonds. The van der Waals surface area contributed by atoms with Gasteiger partial charge in [-0.15, -0.1) is 11.3 Å². The van der Waals surface area contributed by atoms with E-state index in [1.54, 1.807) is 23.7 Å². The molecule has 0 atom stereocenters. The number of hydrogen-bond donors (Lipinski definition) is 2. The molecule has 0 radical (unpaired) electrons. The van der Waals surface area contributed by atoms with Crippen LogP contribution in [0.5, 0.6) is 0 Å². The summed E-state index contributed by atoms with van der Waals surface area (Å²) >= 11 is 1.64. The maximum absolute atomic E-state index is 5.81. The maximum atomic E-state index is 5.81. The third kappa shape index (κ3) is 1.22. The van der Waals surface area contributed by atoms with Crippen molar-refractivity contribution in [2.75, 3.05) is 11.6 Å². The topological polar surface area (TPSA) is 70.3 Å². The van der Waals surface area contributed by atoms with E-state index in [0.29, 0.717) is 12.5 Å². The lowest BCUT2D eigenvalue weighted by molar-refractivity contribution is 0.932. The number of thiophene rings is 1. The van der Waals surface area contributed by atoms with Gasteiger partial charge in [-0.2, -0.15) is 0 Å². The molecule has 3 heterocycles. The Morgan fingerprint density at radius 3 is 3.27 bits per heavy atom. The van der Waals surface area contributed by atoms with Gasteiger partial charge in [0.2, 0.25) is 5.95 Å². The quantitative estimate of drug-likeness (QED) is 0.759.